The van der Waals surface area contributed by atoms with Gasteiger partial charge >= 0.3 is 0 Å². The molecule has 23 heavy (non-hydrogen) atoms. The number of hydrogen-bond acceptors (Lipinski definition) is 5. The van der Waals surface area contributed by atoms with Gasteiger partial charge in [0.1, 0.15) is 0 Å². The Balaban J connectivity index is 2.81. The summed E-state index contributed by atoms with van der Waals surface area (Å²) in [5, 5.41) is 0.917. The predicted octanol–water partition coefficient (Wildman–Crippen LogP) is 2.00. The van der Waals surface area contributed by atoms with Crippen molar-refractivity contribution in [1.29, 1.82) is 0 Å². The maximum Gasteiger partial charge on any atom is 0.268 e. The lowest BCUT2D eigenvalue weighted by atomic mass is 9.95. The molecule has 0 atom stereocenters. The molecule has 2 aromatic carbocycles. The van der Waals surface area contributed by atoms with E-state index in [1.54, 1.807) is 24.3 Å². The Morgan fingerprint density at radius 2 is 1.48 bits per heavy atom. The standard InChI is InChI=1S/C17H13NO5/c1-10(21)18(11(2)22)17(23)15-7-12(8-19)13-5-3-4-6-14(13)16(15)9-20/h3-9H,1-2H3. The summed E-state index contributed by atoms with van der Waals surface area (Å²) in [6, 6.07) is 7.82. The molecule has 6 nitrogen and oxygen atoms in total. The Bertz CT molecular complexity index is 839. The van der Waals surface area contributed by atoms with Gasteiger partial charge in [0, 0.05) is 25.0 Å². The Kier molecular flexibility index (Phi) is 4.45. The molecule has 0 aromatic heterocycles. The highest BCUT2D eigenvalue weighted by Gasteiger charge is 2.27. The van der Waals surface area contributed by atoms with Crippen molar-refractivity contribution in [2.24, 2.45) is 0 Å². The summed E-state index contributed by atoms with van der Waals surface area (Å²) >= 11 is 0. The van der Waals surface area contributed by atoms with Crippen molar-refractivity contribution in [3.8, 4) is 0 Å². The molecule has 0 saturated heterocycles. The molecule has 3 amide bonds. The number of carbonyl (C=O) groups is 5. The molecule has 0 unspecified atom stereocenters. The van der Waals surface area contributed by atoms with Crippen molar-refractivity contribution >= 4 is 41.1 Å². The Morgan fingerprint density at radius 3 is 1.96 bits per heavy atom. The fourth-order valence-electron chi connectivity index (χ4n) is 2.46. The molecule has 0 bridgehead atoms. The molecular formula is C17H13NO5. The molecule has 0 N–H and O–H groups in total. The Morgan fingerprint density at radius 1 is 0.913 bits per heavy atom. The van der Waals surface area contributed by atoms with E-state index in [-0.39, 0.29) is 16.7 Å². The summed E-state index contributed by atoms with van der Waals surface area (Å²) in [7, 11) is 0. The third-order valence-electron chi connectivity index (χ3n) is 3.43. The van der Waals surface area contributed by atoms with Crippen LogP contribution in [0.2, 0.25) is 0 Å². The predicted molar refractivity (Wildman–Crippen MR) is 82.3 cm³/mol. The van der Waals surface area contributed by atoms with E-state index in [4.69, 9.17) is 0 Å². The highest BCUT2D eigenvalue weighted by molar-refractivity contribution is 6.20. The maximum atomic E-state index is 12.5. The van der Waals surface area contributed by atoms with Gasteiger partial charge in [0.25, 0.3) is 5.91 Å². The van der Waals surface area contributed by atoms with Crippen LogP contribution >= 0.6 is 0 Å². The zero-order valence-corrected chi connectivity index (χ0v) is 12.5. The maximum absolute atomic E-state index is 12.5. The van der Waals surface area contributed by atoms with Gasteiger partial charge in [-0.1, -0.05) is 24.3 Å². The first-order chi connectivity index (χ1) is 10.9. The molecule has 2 rings (SSSR count). The fourth-order valence-corrected chi connectivity index (χ4v) is 2.46. The average Bonchev–Trinajstić information content (AvgIpc) is 2.52. The second-order valence-corrected chi connectivity index (χ2v) is 4.89. The number of amides is 3. The Labute approximate surface area is 131 Å². The van der Waals surface area contributed by atoms with Gasteiger partial charge in [-0.25, -0.2) is 4.90 Å². The van der Waals surface area contributed by atoms with Gasteiger partial charge in [-0.15, -0.1) is 0 Å². The van der Waals surface area contributed by atoms with Crippen molar-refractivity contribution in [2.75, 3.05) is 0 Å². The Hall–Kier alpha value is -3.15. The van der Waals surface area contributed by atoms with E-state index in [0.717, 1.165) is 13.8 Å². The molecule has 116 valence electrons. The van der Waals surface area contributed by atoms with Crippen LogP contribution < -0.4 is 0 Å². The summed E-state index contributed by atoms with van der Waals surface area (Å²) in [6.45, 7) is 2.14. The highest BCUT2D eigenvalue weighted by Crippen LogP contribution is 2.25. The van der Waals surface area contributed by atoms with E-state index in [2.05, 4.69) is 0 Å². The molecule has 6 heteroatoms. The van der Waals surface area contributed by atoms with Crippen molar-refractivity contribution in [2.45, 2.75) is 13.8 Å². The fraction of sp³-hybridized carbons (Fsp3) is 0.118. The van der Waals surface area contributed by atoms with E-state index < -0.39 is 17.7 Å². The summed E-state index contributed by atoms with van der Waals surface area (Å²) < 4.78 is 0. The number of aldehydes is 2. The van der Waals surface area contributed by atoms with Crippen LogP contribution in [0.15, 0.2) is 30.3 Å². The highest BCUT2D eigenvalue weighted by atomic mass is 16.2. The average molecular weight is 311 g/mol. The van der Waals surface area contributed by atoms with Crippen molar-refractivity contribution < 1.29 is 24.0 Å². The largest absolute Gasteiger partial charge is 0.298 e. The topological polar surface area (TPSA) is 88.6 Å². The van der Waals surface area contributed by atoms with Gasteiger partial charge in [0.05, 0.1) is 5.56 Å². The van der Waals surface area contributed by atoms with Gasteiger partial charge in [-0.05, 0) is 16.8 Å². The molecule has 0 aliphatic heterocycles. The minimum atomic E-state index is -0.930. The zero-order valence-electron chi connectivity index (χ0n) is 12.5. The minimum absolute atomic E-state index is 0.0312. The monoisotopic (exact) mass is 311 g/mol. The normalized spacial score (nSPS) is 10.2. The molecule has 0 heterocycles. The van der Waals surface area contributed by atoms with Crippen LogP contribution in [0, 0.1) is 0 Å². The first-order valence-electron chi connectivity index (χ1n) is 6.74. The second kappa shape index (κ2) is 6.31. The number of benzene rings is 2. The van der Waals surface area contributed by atoms with Gasteiger partial charge in [0.15, 0.2) is 12.6 Å². The lowest BCUT2D eigenvalue weighted by Crippen LogP contribution is -2.39. The van der Waals surface area contributed by atoms with Crippen LogP contribution in [0.25, 0.3) is 10.8 Å². The van der Waals surface area contributed by atoms with Crippen molar-refractivity contribution in [3.05, 3.63) is 47.0 Å². The van der Waals surface area contributed by atoms with Gasteiger partial charge in [-0.3, -0.25) is 24.0 Å². The number of fused-ring (bicyclic) bond motifs is 1. The van der Waals surface area contributed by atoms with Crippen LogP contribution in [0.1, 0.15) is 44.9 Å². The van der Waals surface area contributed by atoms with Crippen LogP contribution in [-0.2, 0) is 9.59 Å². The molecule has 0 aliphatic rings. The van der Waals surface area contributed by atoms with Gasteiger partial charge in [-0.2, -0.15) is 0 Å². The molecule has 0 fully saturated rings. The number of carbonyl (C=O) groups excluding carboxylic acids is 5. The lowest BCUT2D eigenvalue weighted by Gasteiger charge is -2.17. The van der Waals surface area contributed by atoms with Crippen molar-refractivity contribution in [1.82, 2.24) is 4.90 Å². The number of rotatable bonds is 3. The van der Waals surface area contributed by atoms with E-state index in [1.165, 1.54) is 6.07 Å². The summed E-state index contributed by atoms with van der Waals surface area (Å²) in [5.41, 5.74) is 0.0662. The molecule has 0 spiro atoms. The van der Waals surface area contributed by atoms with Crippen LogP contribution in [0.4, 0.5) is 0 Å². The number of nitrogens with zero attached hydrogens (tertiary/aromatic N) is 1. The second-order valence-electron chi connectivity index (χ2n) is 4.89. The van der Waals surface area contributed by atoms with Gasteiger partial charge < -0.3 is 0 Å². The van der Waals surface area contributed by atoms with Crippen LogP contribution in [-0.4, -0.2) is 35.2 Å². The van der Waals surface area contributed by atoms with Crippen LogP contribution in [0.3, 0.4) is 0 Å². The molecule has 2 aromatic rings. The van der Waals surface area contributed by atoms with E-state index >= 15 is 0 Å². The molecular weight excluding hydrogens is 298 g/mol. The zero-order chi connectivity index (χ0) is 17.1. The molecule has 0 saturated carbocycles. The smallest absolute Gasteiger partial charge is 0.268 e. The van der Waals surface area contributed by atoms with E-state index in [1.807, 2.05) is 0 Å². The summed E-state index contributed by atoms with van der Waals surface area (Å²) in [5.74, 6) is -2.46. The quantitative estimate of drug-likeness (QED) is 0.809. The summed E-state index contributed by atoms with van der Waals surface area (Å²) in [6.07, 6.45) is 1.03. The number of hydrogen-bond donors (Lipinski definition) is 0. The number of imide groups is 3. The molecule has 0 aliphatic carbocycles. The van der Waals surface area contributed by atoms with Crippen LogP contribution in [0.5, 0.6) is 0 Å². The van der Waals surface area contributed by atoms with E-state index in [9.17, 15) is 24.0 Å². The first kappa shape index (κ1) is 16.2. The minimum Gasteiger partial charge on any atom is -0.298 e. The first-order valence-corrected chi connectivity index (χ1v) is 6.74. The van der Waals surface area contributed by atoms with Crippen molar-refractivity contribution in [3.63, 3.8) is 0 Å². The molecule has 0 radical (unpaired) electrons. The third kappa shape index (κ3) is 2.78. The van der Waals surface area contributed by atoms with Gasteiger partial charge in [0.2, 0.25) is 11.8 Å². The lowest BCUT2D eigenvalue weighted by molar-refractivity contribution is -0.138. The third-order valence-corrected chi connectivity index (χ3v) is 3.43. The summed E-state index contributed by atoms with van der Waals surface area (Å²) in [4.78, 5) is 58.8. The van der Waals surface area contributed by atoms with E-state index in [0.29, 0.717) is 28.2 Å². The SMILES string of the molecule is CC(=O)N(C(C)=O)C(=O)c1cc(C=O)c2ccccc2c1C=O.